The lowest BCUT2D eigenvalue weighted by molar-refractivity contribution is 0.210. The van der Waals surface area contributed by atoms with Crippen molar-refractivity contribution in [2.45, 2.75) is 18.9 Å². The van der Waals surface area contributed by atoms with Crippen LogP contribution >= 0.6 is 0 Å². The van der Waals surface area contributed by atoms with E-state index in [-0.39, 0.29) is 9.76 Å². The van der Waals surface area contributed by atoms with Gasteiger partial charge in [0.2, 0.25) is 0 Å². The van der Waals surface area contributed by atoms with E-state index in [1.165, 1.54) is 11.1 Å². The second-order valence-electron chi connectivity index (χ2n) is 3.97. The van der Waals surface area contributed by atoms with Crippen molar-refractivity contribution in [3.8, 4) is 0 Å². The first-order valence-corrected chi connectivity index (χ1v) is 7.73. The van der Waals surface area contributed by atoms with E-state index in [1.54, 1.807) is 7.11 Å². The Morgan fingerprint density at radius 3 is 2.88 bits per heavy atom. The van der Waals surface area contributed by atoms with Gasteiger partial charge in [-0.15, -0.1) is 0 Å². The van der Waals surface area contributed by atoms with Gasteiger partial charge < -0.3 is 9.16 Å². The van der Waals surface area contributed by atoms with Crippen molar-refractivity contribution in [2.24, 2.45) is 0 Å². The van der Waals surface area contributed by atoms with Crippen LogP contribution in [0.2, 0.25) is 6.04 Å². The summed E-state index contributed by atoms with van der Waals surface area (Å²) in [6.45, 7) is 5.55. The van der Waals surface area contributed by atoms with Gasteiger partial charge in [0.25, 0.3) is 0 Å². The maximum atomic E-state index is 5.66. The molecule has 0 fully saturated rings. The molecule has 0 aliphatic carbocycles. The maximum Gasteiger partial charge on any atom is 0.163 e. The predicted octanol–water partition coefficient (Wildman–Crippen LogP) is 2.43. The van der Waals surface area contributed by atoms with Gasteiger partial charge in [-0.05, 0) is 30.0 Å². The summed E-state index contributed by atoms with van der Waals surface area (Å²) < 4.78 is 10.7. The molecule has 3 heteroatoms. The van der Waals surface area contributed by atoms with E-state index in [2.05, 4.69) is 30.8 Å². The minimum atomic E-state index is -0.360. The number of rotatable bonds is 9. The van der Waals surface area contributed by atoms with Crippen LogP contribution in [0.1, 0.15) is 17.5 Å². The standard InChI is InChI=1S/C14H22O2Si/c1-3-13-7-4-5-8-14(13)9-6-10-16-17-12-11-15-2/h3-5,7-8H,1,6,9-12,17H2,2H3. The van der Waals surface area contributed by atoms with Crippen LogP contribution in [0.3, 0.4) is 0 Å². The molecule has 0 bridgehead atoms. The Hall–Kier alpha value is -0.903. The zero-order chi connectivity index (χ0) is 12.3. The molecule has 0 saturated heterocycles. The second kappa shape index (κ2) is 9.16. The lowest BCUT2D eigenvalue weighted by Crippen LogP contribution is -2.04. The van der Waals surface area contributed by atoms with E-state index in [1.807, 2.05) is 6.08 Å². The third-order valence-corrected chi connectivity index (χ3v) is 3.80. The van der Waals surface area contributed by atoms with Crippen LogP contribution in [0.5, 0.6) is 0 Å². The molecule has 0 aliphatic heterocycles. The summed E-state index contributed by atoms with van der Waals surface area (Å²) in [6, 6.07) is 9.51. The van der Waals surface area contributed by atoms with Crippen LogP contribution < -0.4 is 0 Å². The van der Waals surface area contributed by atoms with Gasteiger partial charge in [-0.2, -0.15) is 0 Å². The van der Waals surface area contributed by atoms with Gasteiger partial charge in [0.05, 0.1) is 0 Å². The summed E-state index contributed by atoms with van der Waals surface area (Å²) in [5, 5.41) is 0. The zero-order valence-corrected chi connectivity index (χ0v) is 12.1. The molecule has 94 valence electrons. The smallest absolute Gasteiger partial charge is 0.163 e. The first-order chi connectivity index (χ1) is 8.38. The largest absolute Gasteiger partial charge is 0.424 e. The summed E-state index contributed by atoms with van der Waals surface area (Å²) >= 11 is 0. The highest BCUT2D eigenvalue weighted by atomic mass is 28.2. The molecule has 17 heavy (non-hydrogen) atoms. The number of methoxy groups -OCH3 is 1. The highest BCUT2D eigenvalue weighted by Gasteiger charge is 1.98. The number of benzene rings is 1. The van der Waals surface area contributed by atoms with Gasteiger partial charge in [0.1, 0.15) is 0 Å². The summed E-state index contributed by atoms with van der Waals surface area (Å²) in [6.07, 6.45) is 4.08. The molecule has 0 N–H and O–H groups in total. The van der Waals surface area contributed by atoms with Crippen molar-refractivity contribution in [3.63, 3.8) is 0 Å². The fraction of sp³-hybridized carbons (Fsp3) is 0.429. The van der Waals surface area contributed by atoms with Gasteiger partial charge in [-0.1, -0.05) is 36.9 Å². The van der Waals surface area contributed by atoms with Crippen LogP contribution in [0.15, 0.2) is 30.8 Å². The lowest BCUT2D eigenvalue weighted by Gasteiger charge is -2.06. The topological polar surface area (TPSA) is 18.5 Å². The Bertz CT molecular complexity index is 326. The Kier molecular flexibility index (Phi) is 7.63. The van der Waals surface area contributed by atoms with E-state index < -0.39 is 0 Å². The number of aryl methyl sites for hydroxylation is 1. The van der Waals surface area contributed by atoms with E-state index in [0.29, 0.717) is 0 Å². The molecule has 0 unspecified atom stereocenters. The van der Waals surface area contributed by atoms with E-state index in [9.17, 15) is 0 Å². The summed E-state index contributed by atoms with van der Waals surface area (Å²) in [5.41, 5.74) is 2.61. The SMILES string of the molecule is C=Cc1ccccc1CCCO[SiH2]CCOC. The highest BCUT2D eigenvalue weighted by Crippen LogP contribution is 2.12. The Labute approximate surface area is 107 Å². The molecule has 0 atom stereocenters. The minimum absolute atomic E-state index is 0.360. The van der Waals surface area contributed by atoms with Crippen LogP contribution in [0.4, 0.5) is 0 Å². The molecule has 0 spiro atoms. The fourth-order valence-electron chi connectivity index (χ4n) is 1.73. The fourth-order valence-corrected chi connectivity index (χ4v) is 2.75. The molecular formula is C14H22O2Si. The summed E-state index contributed by atoms with van der Waals surface area (Å²) in [4.78, 5) is 0. The van der Waals surface area contributed by atoms with Crippen molar-refractivity contribution in [3.05, 3.63) is 42.0 Å². The molecule has 2 nitrogen and oxygen atoms in total. The third kappa shape index (κ3) is 5.82. The Balaban J connectivity index is 2.15. The van der Waals surface area contributed by atoms with Gasteiger partial charge in [-0.3, -0.25) is 0 Å². The maximum absolute atomic E-state index is 5.66. The van der Waals surface area contributed by atoms with Crippen LogP contribution in [0, 0.1) is 0 Å². The molecular weight excluding hydrogens is 228 g/mol. The van der Waals surface area contributed by atoms with Crippen molar-refractivity contribution >= 4 is 15.8 Å². The van der Waals surface area contributed by atoms with Gasteiger partial charge >= 0.3 is 0 Å². The zero-order valence-electron chi connectivity index (χ0n) is 10.7. The van der Waals surface area contributed by atoms with Crippen LogP contribution in [-0.2, 0) is 15.6 Å². The van der Waals surface area contributed by atoms with E-state index in [4.69, 9.17) is 9.16 Å². The van der Waals surface area contributed by atoms with Crippen molar-refractivity contribution < 1.29 is 9.16 Å². The molecule has 0 aromatic heterocycles. The highest BCUT2D eigenvalue weighted by molar-refractivity contribution is 6.27. The minimum Gasteiger partial charge on any atom is -0.424 e. The number of hydrogen-bond donors (Lipinski definition) is 0. The van der Waals surface area contributed by atoms with Gasteiger partial charge in [0.15, 0.2) is 9.76 Å². The molecule has 1 aromatic rings. The molecule has 1 aromatic carbocycles. The molecule has 0 amide bonds. The average Bonchev–Trinajstić information content (AvgIpc) is 2.38. The average molecular weight is 250 g/mol. The van der Waals surface area contributed by atoms with Crippen LogP contribution in [0.25, 0.3) is 6.08 Å². The molecule has 0 saturated carbocycles. The van der Waals surface area contributed by atoms with Crippen molar-refractivity contribution in [2.75, 3.05) is 20.3 Å². The molecule has 0 heterocycles. The first-order valence-electron chi connectivity index (χ1n) is 6.15. The van der Waals surface area contributed by atoms with E-state index >= 15 is 0 Å². The second-order valence-corrected chi connectivity index (χ2v) is 5.49. The molecule has 0 radical (unpaired) electrons. The Morgan fingerprint density at radius 2 is 2.12 bits per heavy atom. The molecule has 0 aliphatic rings. The van der Waals surface area contributed by atoms with E-state index in [0.717, 1.165) is 32.1 Å². The van der Waals surface area contributed by atoms with Crippen molar-refractivity contribution in [1.29, 1.82) is 0 Å². The lowest BCUT2D eigenvalue weighted by atomic mass is 10.0. The number of ether oxygens (including phenoxy) is 1. The summed E-state index contributed by atoms with van der Waals surface area (Å²) in [7, 11) is 1.38. The summed E-state index contributed by atoms with van der Waals surface area (Å²) in [5.74, 6) is 0. The third-order valence-electron chi connectivity index (χ3n) is 2.65. The normalized spacial score (nSPS) is 11.1. The molecule has 1 rings (SSSR count). The number of hydrogen-bond acceptors (Lipinski definition) is 2. The quantitative estimate of drug-likeness (QED) is 0.495. The van der Waals surface area contributed by atoms with Crippen LogP contribution in [-0.4, -0.2) is 30.1 Å². The van der Waals surface area contributed by atoms with Crippen molar-refractivity contribution in [1.82, 2.24) is 0 Å². The monoisotopic (exact) mass is 250 g/mol. The first kappa shape index (κ1) is 14.2. The van der Waals surface area contributed by atoms with Gasteiger partial charge in [0, 0.05) is 20.3 Å². The predicted molar refractivity (Wildman–Crippen MR) is 76.0 cm³/mol. The van der Waals surface area contributed by atoms with Gasteiger partial charge in [-0.25, -0.2) is 0 Å². The Morgan fingerprint density at radius 1 is 1.29 bits per heavy atom.